The lowest BCUT2D eigenvalue weighted by molar-refractivity contribution is -0.151. The first-order valence-electron chi connectivity index (χ1n) is 11.2. The van der Waals surface area contributed by atoms with Gasteiger partial charge in [-0.1, -0.05) is 66.7 Å². The van der Waals surface area contributed by atoms with E-state index in [2.05, 4.69) is 0 Å². The zero-order valence-electron chi connectivity index (χ0n) is 19.8. The molecule has 3 atom stereocenters. The van der Waals surface area contributed by atoms with Crippen molar-refractivity contribution in [3.05, 3.63) is 101 Å². The van der Waals surface area contributed by atoms with Crippen LogP contribution >= 0.6 is 0 Å². The molecular weight excluding hydrogens is 446 g/mol. The van der Waals surface area contributed by atoms with Crippen LogP contribution in [0.4, 0.5) is 0 Å². The molecule has 1 aliphatic heterocycles. The van der Waals surface area contributed by atoms with Gasteiger partial charge in [-0.25, -0.2) is 4.79 Å². The quantitative estimate of drug-likeness (QED) is 0.494. The van der Waals surface area contributed by atoms with Crippen LogP contribution < -0.4 is 9.47 Å². The normalized spacial score (nSPS) is 19.9. The Balaban J connectivity index is 1.83. The lowest BCUT2D eigenvalue weighted by Crippen LogP contribution is -2.37. The molecule has 3 aromatic carbocycles. The molecule has 0 saturated carbocycles. The minimum atomic E-state index is -1.26. The molecule has 7 heteroatoms. The van der Waals surface area contributed by atoms with Crippen LogP contribution in [-0.4, -0.2) is 42.2 Å². The molecule has 1 fully saturated rings. The van der Waals surface area contributed by atoms with Crippen molar-refractivity contribution in [3.63, 3.8) is 0 Å². The lowest BCUT2D eigenvalue weighted by atomic mass is 9.99. The minimum Gasteiger partial charge on any atom is -0.493 e. The van der Waals surface area contributed by atoms with Crippen LogP contribution in [0.15, 0.2) is 84.4 Å². The topological polar surface area (TPSA) is 85.3 Å². The monoisotopic (exact) mass is 473 g/mol. The molecule has 1 aliphatic rings. The third kappa shape index (κ3) is 4.90. The molecule has 0 bridgehead atoms. The first-order valence-corrected chi connectivity index (χ1v) is 11.2. The van der Waals surface area contributed by atoms with Crippen molar-refractivity contribution in [1.29, 1.82) is 0 Å². The summed E-state index contributed by atoms with van der Waals surface area (Å²) in [5, 5.41) is 10.0. The van der Waals surface area contributed by atoms with E-state index in [0.29, 0.717) is 28.2 Å². The van der Waals surface area contributed by atoms with E-state index in [1.54, 1.807) is 43.3 Å². The van der Waals surface area contributed by atoms with Gasteiger partial charge >= 0.3 is 5.97 Å². The maximum absolute atomic E-state index is 13.9. The molecule has 4 rings (SSSR count). The summed E-state index contributed by atoms with van der Waals surface area (Å²) in [6.07, 6.45) is -0.429. The highest BCUT2D eigenvalue weighted by molar-refractivity contribution is 5.98. The highest BCUT2D eigenvalue weighted by atomic mass is 16.6. The van der Waals surface area contributed by atoms with Crippen LogP contribution in [0.3, 0.4) is 0 Å². The molecule has 0 spiro atoms. The molecule has 1 amide bonds. The summed E-state index contributed by atoms with van der Waals surface area (Å²) in [5.74, 6) is -0.509. The molecule has 35 heavy (non-hydrogen) atoms. The Bertz CT molecular complexity index is 1220. The highest BCUT2D eigenvalue weighted by Crippen LogP contribution is 2.45. The van der Waals surface area contributed by atoms with Crippen LogP contribution in [0.25, 0.3) is 6.08 Å². The number of nitrogens with zero attached hydrogens (tertiary/aromatic N) is 1. The molecule has 1 heterocycles. The van der Waals surface area contributed by atoms with Crippen LogP contribution in [0.5, 0.6) is 11.5 Å². The Morgan fingerprint density at radius 2 is 1.51 bits per heavy atom. The van der Waals surface area contributed by atoms with Gasteiger partial charge in [0.15, 0.2) is 23.8 Å². The summed E-state index contributed by atoms with van der Waals surface area (Å²) >= 11 is 0. The molecule has 1 saturated heterocycles. The maximum atomic E-state index is 13.9. The van der Waals surface area contributed by atoms with Crippen molar-refractivity contribution in [2.24, 2.45) is 0 Å². The number of carboxylic acids is 1. The van der Waals surface area contributed by atoms with Crippen molar-refractivity contribution in [1.82, 2.24) is 4.90 Å². The van der Waals surface area contributed by atoms with Gasteiger partial charge in [-0.15, -0.1) is 0 Å². The van der Waals surface area contributed by atoms with Gasteiger partial charge in [-0.05, 0) is 36.3 Å². The number of hydrogen-bond donors (Lipinski definition) is 1. The fourth-order valence-electron chi connectivity index (χ4n) is 4.29. The number of carbonyl (C=O) groups is 2. The van der Waals surface area contributed by atoms with Crippen LogP contribution in [0.2, 0.25) is 0 Å². The van der Waals surface area contributed by atoms with Gasteiger partial charge in [0.25, 0.3) is 5.91 Å². The van der Waals surface area contributed by atoms with E-state index in [1.165, 1.54) is 19.1 Å². The molecule has 0 aromatic heterocycles. The molecule has 1 unspecified atom stereocenters. The Morgan fingerprint density at radius 3 is 2.11 bits per heavy atom. The number of carbonyl (C=O) groups excluding carboxylic acids is 1. The van der Waals surface area contributed by atoms with E-state index in [4.69, 9.17) is 14.2 Å². The van der Waals surface area contributed by atoms with Gasteiger partial charge in [-0.3, -0.25) is 9.69 Å². The third-order valence-electron chi connectivity index (χ3n) is 5.95. The number of ether oxygens (including phenoxy) is 3. The lowest BCUT2D eigenvalue weighted by Gasteiger charge is -2.30. The third-order valence-corrected chi connectivity index (χ3v) is 5.95. The Morgan fingerprint density at radius 1 is 0.886 bits per heavy atom. The van der Waals surface area contributed by atoms with Crippen molar-refractivity contribution in [2.75, 3.05) is 14.2 Å². The van der Waals surface area contributed by atoms with Gasteiger partial charge in [0.05, 0.1) is 20.3 Å². The number of aliphatic carboxylic acids is 1. The van der Waals surface area contributed by atoms with Crippen molar-refractivity contribution in [2.45, 2.75) is 25.3 Å². The molecule has 0 radical (unpaired) electrons. The number of hydrogen-bond acceptors (Lipinski definition) is 5. The minimum absolute atomic E-state index is 0.328. The molecule has 3 aromatic rings. The average Bonchev–Trinajstić information content (AvgIpc) is 3.30. The first kappa shape index (κ1) is 24.0. The largest absolute Gasteiger partial charge is 0.493 e. The highest BCUT2D eigenvalue weighted by Gasteiger charge is 2.50. The number of methoxy groups -OCH3 is 2. The van der Waals surface area contributed by atoms with E-state index in [-0.39, 0.29) is 5.91 Å². The van der Waals surface area contributed by atoms with E-state index >= 15 is 0 Å². The smallest absolute Gasteiger partial charge is 0.335 e. The van der Waals surface area contributed by atoms with Crippen LogP contribution in [0, 0.1) is 0 Å². The van der Waals surface area contributed by atoms with Crippen molar-refractivity contribution in [3.8, 4) is 11.5 Å². The zero-order valence-corrected chi connectivity index (χ0v) is 19.8. The second kappa shape index (κ2) is 10.4. The van der Waals surface area contributed by atoms with Crippen LogP contribution in [0.1, 0.15) is 35.9 Å². The SMILES string of the molecule is COc1ccc(C2O[C@@H](C(=O)O)[C@H](c3ccccc3)N2C(=O)C(C)=Cc2ccccc2)cc1OC. The Kier molecular flexibility index (Phi) is 7.17. The van der Waals surface area contributed by atoms with Gasteiger partial charge in [-0.2, -0.15) is 0 Å². The van der Waals surface area contributed by atoms with Gasteiger partial charge in [0, 0.05) is 11.1 Å². The van der Waals surface area contributed by atoms with Gasteiger partial charge in [0.1, 0.15) is 0 Å². The number of amides is 1. The summed E-state index contributed by atoms with van der Waals surface area (Å²) in [5.41, 5.74) is 2.57. The van der Waals surface area contributed by atoms with E-state index in [9.17, 15) is 14.7 Å². The summed E-state index contributed by atoms with van der Waals surface area (Å²) in [7, 11) is 3.04. The van der Waals surface area contributed by atoms with E-state index in [1.807, 2.05) is 48.5 Å². The molecule has 7 nitrogen and oxygen atoms in total. The molecule has 180 valence electrons. The number of benzene rings is 3. The summed E-state index contributed by atoms with van der Waals surface area (Å²) < 4.78 is 16.8. The second-order valence-corrected chi connectivity index (χ2v) is 8.17. The summed E-state index contributed by atoms with van der Waals surface area (Å²) in [6.45, 7) is 1.72. The average molecular weight is 474 g/mol. The Labute approximate surface area is 204 Å². The predicted octanol–water partition coefficient (Wildman–Crippen LogP) is 4.86. The standard InChI is InChI=1S/C28H27NO6/c1-18(16-19-10-6-4-7-11-19)26(30)29-24(20-12-8-5-9-13-20)25(28(31)32)35-27(29)21-14-15-22(33-2)23(17-21)34-3/h4-17,24-25,27H,1-3H3,(H,31,32)/t24-,25+,27?/m0/s1. The number of rotatable bonds is 7. The fraction of sp³-hybridized carbons (Fsp3) is 0.214. The summed E-state index contributed by atoms with van der Waals surface area (Å²) in [4.78, 5) is 27.7. The van der Waals surface area contributed by atoms with Crippen LogP contribution in [-0.2, 0) is 14.3 Å². The maximum Gasteiger partial charge on any atom is 0.335 e. The van der Waals surface area contributed by atoms with Gasteiger partial charge < -0.3 is 19.3 Å². The van der Waals surface area contributed by atoms with Crippen molar-refractivity contribution < 1.29 is 28.9 Å². The first-order chi connectivity index (χ1) is 16.9. The summed E-state index contributed by atoms with van der Waals surface area (Å²) in [6, 6.07) is 22.9. The van der Waals surface area contributed by atoms with E-state index < -0.39 is 24.3 Å². The fourth-order valence-corrected chi connectivity index (χ4v) is 4.29. The number of carboxylic acid groups (broad SMARTS) is 1. The molecule has 0 aliphatic carbocycles. The Hall–Kier alpha value is -4.10. The van der Waals surface area contributed by atoms with E-state index in [0.717, 1.165) is 5.56 Å². The zero-order chi connectivity index (χ0) is 24.9. The predicted molar refractivity (Wildman–Crippen MR) is 131 cm³/mol. The van der Waals surface area contributed by atoms with Crippen molar-refractivity contribution >= 4 is 18.0 Å². The molecule has 1 N–H and O–H groups in total. The molecular formula is C28H27NO6. The van der Waals surface area contributed by atoms with Gasteiger partial charge in [0.2, 0.25) is 0 Å². The second-order valence-electron chi connectivity index (χ2n) is 8.17.